The van der Waals surface area contributed by atoms with E-state index in [1.54, 1.807) is 0 Å². The van der Waals surface area contributed by atoms with Crippen LogP contribution >= 0.6 is 0 Å². The molecule has 0 bridgehead atoms. The first kappa shape index (κ1) is 12.6. The van der Waals surface area contributed by atoms with Crippen LogP contribution in [0.5, 0.6) is 0 Å². The Morgan fingerprint density at radius 1 is 1.31 bits per heavy atom. The number of nitro benzene ring substituents is 1. The van der Waals surface area contributed by atoms with Crippen molar-refractivity contribution in [2.75, 3.05) is 0 Å². The van der Waals surface area contributed by atoms with Crippen molar-refractivity contribution >= 4 is 5.69 Å². The van der Waals surface area contributed by atoms with Gasteiger partial charge in [-0.2, -0.15) is 0 Å². The highest BCUT2D eigenvalue weighted by atomic mass is 16.6. The van der Waals surface area contributed by atoms with Gasteiger partial charge in [-0.05, 0) is 23.6 Å². The van der Waals surface area contributed by atoms with Crippen molar-refractivity contribution in [3.63, 3.8) is 0 Å². The molecule has 0 aromatic heterocycles. The molecule has 0 saturated carbocycles. The maximum absolute atomic E-state index is 10.4. The smallest absolute Gasteiger partial charge is 0.269 e. The van der Waals surface area contributed by atoms with E-state index in [4.69, 9.17) is 5.73 Å². The molecule has 0 amide bonds. The van der Waals surface area contributed by atoms with Crippen molar-refractivity contribution in [1.29, 1.82) is 0 Å². The largest absolute Gasteiger partial charge is 0.387 e. The zero-order chi connectivity index (χ0) is 12.3. The maximum Gasteiger partial charge on any atom is 0.269 e. The lowest BCUT2D eigenvalue weighted by atomic mass is 9.94. The van der Waals surface area contributed by atoms with Crippen molar-refractivity contribution in [2.24, 2.45) is 11.7 Å². The number of rotatable bonds is 4. The van der Waals surface area contributed by atoms with Gasteiger partial charge >= 0.3 is 0 Å². The first-order valence-corrected chi connectivity index (χ1v) is 5.11. The minimum Gasteiger partial charge on any atom is -0.387 e. The highest BCUT2D eigenvalue weighted by Gasteiger charge is 2.20. The van der Waals surface area contributed by atoms with Gasteiger partial charge in [-0.3, -0.25) is 10.1 Å². The third-order valence-electron chi connectivity index (χ3n) is 2.58. The summed E-state index contributed by atoms with van der Waals surface area (Å²) in [7, 11) is 0. The second kappa shape index (κ2) is 5.05. The second-order valence-electron chi connectivity index (χ2n) is 4.11. The van der Waals surface area contributed by atoms with E-state index in [0.717, 1.165) is 0 Å². The van der Waals surface area contributed by atoms with Crippen LogP contribution in [0, 0.1) is 16.0 Å². The molecule has 0 aliphatic carbocycles. The van der Waals surface area contributed by atoms with Gasteiger partial charge in [0, 0.05) is 18.2 Å². The summed E-state index contributed by atoms with van der Waals surface area (Å²) in [4.78, 5) is 9.97. The van der Waals surface area contributed by atoms with Crippen LogP contribution in [0.1, 0.15) is 25.5 Å². The molecule has 2 atom stereocenters. The molecule has 0 saturated heterocycles. The summed E-state index contributed by atoms with van der Waals surface area (Å²) in [5.74, 6) is 0.144. The average molecular weight is 224 g/mol. The lowest BCUT2D eigenvalue weighted by Crippen LogP contribution is -2.33. The molecule has 0 heterocycles. The molecule has 1 rings (SSSR count). The summed E-state index contributed by atoms with van der Waals surface area (Å²) in [6.07, 6.45) is -0.791. The molecule has 0 aliphatic rings. The SMILES string of the molecule is CC(C)C(N)C(O)c1ccc([N+](=O)[O-])cc1. The number of aliphatic hydroxyl groups excluding tert-OH is 1. The van der Waals surface area contributed by atoms with E-state index >= 15 is 0 Å². The molecule has 5 nitrogen and oxygen atoms in total. The van der Waals surface area contributed by atoms with Crippen LogP contribution in [0.3, 0.4) is 0 Å². The van der Waals surface area contributed by atoms with Gasteiger partial charge in [0.1, 0.15) is 0 Å². The number of hydrogen-bond donors (Lipinski definition) is 2. The number of nitrogens with zero attached hydrogens (tertiary/aromatic N) is 1. The van der Waals surface area contributed by atoms with Gasteiger partial charge in [0.2, 0.25) is 0 Å². The number of non-ortho nitro benzene ring substituents is 1. The third-order valence-corrected chi connectivity index (χ3v) is 2.58. The van der Waals surface area contributed by atoms with E-state index in [0.29, 0.717) is 5.56 Å². The van der Waals surface area contributed by atoms with Crippen LogP contribution < -0.4 is 5.73 Å². The summed E-state index contributed by atoms with van der Waals surface area (Å²) >= 11 is 0. The molecule has 0 spiro atoms. The fraction of sp³-hybridized carbons (Fsp3) is 0.455. The Kier molecular flexibility index (Phi) is 3.98. The number of nitro groups is 1. The van der Waals surface area contributed by atoms with Crippen LogP contribution in [0.2, 0.25) is 0 Å². The minimum atomic E-state index is -0.791. The highest BCUT2D eigenvalue weighted by Crippen LogP contribution is 2.22. The Balaban J connectivity index is 2.85. The summed E-state index contributed by atoms with van der Waals surface area (Å²) in [6, 6.07) is 5.43. The molecule has 0 aliphatic heterocycles. The van der Waals surface area contributed by atoms with E-state index in [1.807, 2.05) is 13.8 Å². The molecular formula is C11H16N2O3. The topological polar surface area (TPSA) is 89.4 Å². The van der Waals surface area contributed by atoms with Crippen LogP contribution in [0.4, 0.5) is 5.69 Å². The molecule has 1 aromatic rings. The number of aliphatic hydroxyl groups is 1. The van der Waals surface area contributed by atoms with Crippen molar-refractivity contribution < 1.29 is 10.0 Å². The van der Waals surface area contributed by atoms with Crippen molar-refractivity contribution in [2.45, 2.75) is 26.0 Å². The van der Waals surface area contributed by atoms with Crippen LogP contribution in [-0.4, -0.2) is 16.1 Å². The molecule has 16 heavy (non-hydrogen) atoms. The summed E-state index contributed by atoms with van der Waals surface area (Å²) in [5, 5.41) is 20.3. The first-order chi connectivity index (χ1) is 7.43. The van der Waals surface area contributed by atoms with Crippen LogP contribution in [-0.2, 0) is 0 Å². The molecule has 88 valence electrons. The standard InChI is InChI=1S/C11H16N2O3/c1-7(2)10(12)11(14)8-3-5-9(6-4-8)13(15)16/h3-7,10-11,14H,12H2,1-2H3. The second-order valence-corrected chi connectivity index (χ2v) is 4.11. The average Bonchev–Trinajstić information content (AvgIpc) is 2.27. The molecule has 3 N–H and O–H groups in total. The van der Waals surface area contributed by atoms with Gasteiger partial charge in [0.25, 0.3) is 5.69 Å². The van der Waals surface area contributed by atoms with Gasteiger partial charge in [0.05, 0.1) is 11.0 Å². The molecule has 0 radical (unpaired) electrons. The fourth-order valence-electron chi connectivity index (χ4n) is 1.38. The lowest BCUT2D eigenvalue weighted by molar-refractivity contribution is -0.384. The molecular weight excluding hydrogens is 208 g/mol. The van der Waals surface area contributed by atoms with Crippen LogP contribution in [0.15, 0.2) is 24.3 Å². The predicted molar refractivity (Wildman–Crippen MR) is 60.9 cm³/mol. The highest BCUT2D eigenvalue weighted by molar-refractivity contribution is 5.34. The van der Waals surface area contributed by atoms with Crippen molar-refractivity contribution in [3.8, 4) is 0 Å². The Labute approximate surface area is 94.0 Å². The number of benzene rings is 1. The maximum atomic E-state index is 10.4. The predicted octanol–water partition coefficient (Wildman–Crippen LogP) is 1.61. The zero-order valence-corrected chi connectivity index (χ0v) is 9.33. The van der Waals surface area contributed by atoms with Crippen molar-refractivity contribution in [3.05, 3.63) is 39.9 Å². The van der Waals surface area contributed by atoms with Crippen molar-refractivity contribution in [1.82, 2.24) is 0 Å². The molecule has 2 unspecified atom stereocenters. The van der Waals surface area contributed by atoms with E-state index < -0.39 is 11.0 Å². The normalized spacial score (nSPS) is 14.8. The third kappa shape index (κ3) is 2.77. The monoisotopic (exact) mass is 224 g/mol. The van der Waals surface area contributed by atoms with E-state index in [2.05, 4.69) is 0 Å². The lowest BCUT2D eigenvalue weighted by Gasteiger charge is -2.22. The Morgan fingerprint density at radius 2 is 1.81 bits per heavy atom. The van der Waals surface area contributed by atoms with E-state index in [-0.39, 0.29) is 17.6 Å². The first-order valence-electron chi connectivity index (χ1n) is 5.11. The number of nitrogens with two attached hydrogens (primary N) is 1. The zero-order valence-electron chi connectivity index (χ0n) is 9.33. The van der Waals surface area contributed by atoms with Gasteiger partial charge in [-0.1, -0.05) is 13.8 Å². The van der Waals surface area contributed by atoms with E-state index in [1.165, 1.54) is 24.3 Å². The Bertz CT molecular complexity index is 362. The van der Waals surface area contributed by atoms with E-state index in [9.17, 15) is 15.2 Å². The van der Waals surface area contributed by atoms with Gasteiger partial charge in [-0.25, -0.2) is 0 Å². The Hall–Kier alpha value is -1.46. The minimum absolute atomic E-state index is 0.00840. The molecule has 0 fully saturated rings. The quantitative estimate of drug-likeness (QED) is 0.600. The fourth-order valence-corrected chi connectivity index (χ4v) is 1.38. The van der Waals surface area contributed by atoms with Gasteiger partial charge in [-0.15, -0.1) is 0 Å². The summed E-state index contributed by atoms with van der Waals surface area (Å²) in [6.45, 7) is 3.83. The summed E-state index contributed by atoms with van der Waals surface area (Å²) < 4.78 is 0. The van der Waals surface area contributed by atoms with Gasteiger partial charge in [0.15, 0.2) is 0 Å². The number of hydrogen-bond acceptors (Lipinski definition) is 4. The molecule has 1 aromatic carbocycles. The van der Waals surface area contributed by atoms with Gasteiger partial charge < -0.3 is 10.8 Å². The summed E-state index contributed by atoms with van der Waals surface area (Å²) in [5.41, 5.74) is 6.42. The van der Waals surface area contributed by atoms with Crippen LogP contribution in [0.25, 0.3) is 0 Å². The molecule has 5 heteroatoms. The Morgan fingerprint density at radius 3 is 2.19 bits per heavy atom.